The van der Waals surface area contributed by atoms with Gasteiger partial charge in [-0.2, -0.15) is 0 Å². The van der Waals surface area contributed by atoms with E-state index >= 15 is 0 Å². The Kier molecular flexibility index (Phi) is 2.86. The third-order valence-corrected chi connectivity index (χ3v) is 3.15. The predicted molar refractivity (Wildman–Crippen MR) is 61.1 cm³/mol. The topological polar surface area (TPSA) is 35.5 Å². The molecule has 0 amide bonds. The van der Waals surface area contributed by atoms with Crippen LogP contribution in [-0.4, -0.2) is 20.0 Å². The van der Waals surface area contributed by atoms with Crippen molar-refractivity contribution in [3.8, 4) is 11.5 Å². The molecule has 0 spiro atoms. The fraction of sp³-hybridized carbons (Fsp3) is 0.462. The molecule has 1 aliphatic carbocycles. The number of hydrogen-bond acceptors (Lipinski definition) is 3. The van der Waals surface area contributed by atoms with Gasteiger partial charge in [0, 0.05) is 11.5 Å². The van der Waals surface area contributed by atoms with Gasteiger partial charge in [-0.15, -0.1) is 0 Å². The summed E-state index contributed by atoms with van der Waals surface area (Å²) in [6.45, 7) is 1.65. The first-order valence-corrected chi connectivity index (χ1v) is 5.39. The lowest BCUT2D eigenvalue weighted by Gasteiger charge is -2.09. The van der Waals surface area contributed by atoms with Gasteiger partial charge < -0.3 is 9.47 Å². The van der Waals surface area contributed by atoms with Gasteiger partial charge in [0.05, 0.1) is 14.2 Å². The first-order chi connectivity index (χ1) is 7.67. The Hall–Kier alpha value is -1.51. The van der Waals surface area contributed by atoms with Gasteiger partial charge in [-0.1, -0.05) is 0 Å². The second-order valence-electron chi connectivity index (χ2n) is 4.17. The van der Waals surface area contributed by atoms with Gasteiger partial charge in [-0.05, 0) is 37.5 Å². The summed E-state index contributed by atoms with van der Waals surface area (Å²) >= 11 is 0. The highest BCUT2D eigenvalue weighted by atomic mass is 16.5. The van der Waals surface area contributed by atoms with Crippen molar-refractivity contribution in [2.75, 3.05) is 14.2 Å². The molecule has 0 aliphatic heterocycles. The minimum Gasteiger partial charge on any atom is -0.497 e. The summed E-state index contributed by atoms with van der Waals surface area (Å²) in [4.78, 5) is 11.3. The van der Waals surface area contributed by atoms with Crippen LogP contribution in [0.1, 0.15) is 24.8 Å². The van der Waals surface area contributed by atoms with Crippen LogP contribution in [-0.2, 0) is 4.79 Å². The fourth-order valence-corrected chi connectivity index (χ4v) is 2.12. The normalized spacial score (nSPS) is 22.7. The Morgan fingerprint density at radius 1 is 1.31 bits per heavy atom. The summed E-state index contributed by atoms with van der Waals surface area (Å²) in [5, 5.41) is 0. The molecule has 1 fully saturated rings. The zero-order valence-electron chi connectivity index (χ0n) is 9.82. The van der Waals surface area contributed by atoms with Crippen LogP contribution in [0.2, 0.25) is 0 Å². The molecule has 2 atom stereocenters. The molecule has 0 bridgehead atoms. The first kappa shape index (κ1) is 11.0. The van der Waals surface area contributed by atoms with E-state index in [4.69, 9.17) is 9.47 Å². The van der Waals surface area contributed by atoms with Gasteiger partial charge in [0.25, 0.3) is 0 Å². The van der Waals surface area contributed by atoms with Crippen molar-refractivity contribution in [2.45, 2.75) is 19.3 Å². The van der Waals surface area contributed by atoms with E-state index in [1.165, 1.54) is 0 Å². The third-order valence-electron chi connectivity index (χ3n) is 3.15. The van der Waals surface area contributed by atoms with Crippen LogP contribution >= 0.6 is 0 Å². The fourth-order valence-electron chi connectivity index (χ4n) is 2.12. The van der Waals surface area contributed by atoms with E-state index in [1.807, 2.05) is 18.2 Å². The maximum atomic E-state index is 11.3. The van der Waals surface area contributed by atoms with Crippen molar-refractivity contribution in [3.63, 3.8) is 0 Å². The molecule has 1 saturated carbocycles. The second kappa shape index (κ2) is 4.16. The zero-order valence-corrected chi connectivity index (χ0v) is 9.82. The van der Waals surface area contributed by atoms with Crippen molar-refractivity contribution >= 4 is 5.78 Å². The first-order valence-electron chi connectivity index (χ1n) is 5.39. The van der Waals surface area contributed by atoms with E-state index in [1.54, 1.807) is 21.1 Å². The standard InChI is InChI=1S/C13H16O3/c1-8(14)10-7-11(10)12-6-9(15-2)4-5-13(12)16-3/h4-6,10-11H,7H2,1-3H3/t10-,11-/m0/s1. The lowest BCUT2D eigenvalue weighted by Crippen LogP contribution is -1.97. The highest BCUT2D eigenvalue weighted by Gasteiger charge is 2.43. The van der Waals surface area contributed by atoms with E-state index in [0.29, 0.717) is 5.92 Å². The van der Waals surface area contributed by atoms with Crippen molar-refractivity contribution < 1.29 is 14.3 Å². The maximum Gasteiger partial charge on any atom is 0.133 e. The number of ketones is 1. The zero-order chi connectivity index (χ0) is 11.7. The number of benzene rings is 1. The molecule has 1 aromatic carbocycles. The van der Waals surface area contributed by atoms with Crippen molar-refractivity contribution in [2.24, 2.45) is 5.92 Å². The molecule has 0 radical (unpaired) electrons. The predicted octanol–water partition coefficient (Wildman–Crippen LogP) is 2.40. The summed E-state index contributed by atoms with van der Waals surface area (Å²) < 4.78 is 10.5. The summed E-state index contributed by atoms with van der Waals surface area (Å²) in [5.41, 5.74) is 1.09. The highest BCUT2D eigenvalue weighted by molar-refractivity contribution is 5.82. The molecule has 0 N–H and O–H groups in total. The molecule has 3 heteroatoms. The van der Waals surface area contributed by atoms with E-state index in [9.17, 15) is 4.79 Å². The molecule has 16 heavy (non-hydrogen) atoms. The largest absolute Gasteiger partial charge is 0.497 e. The summed E-state index contributed by atoms with van der Waals surface area (Å²) in [6, 6.07) is 5.73. The molecule has 0 heterocycles. The van der Waals surface area contributed by atoms with Crippen LogP contribution in [0.25, 0.3) is 0 Å². The molecule has 3 nitrogen and oxygen atoms in total. The molecule has 0 unspecified atom stereocenters. The van der Waals surface area contributed by atoms with Gasteiger partial charge in [0.15, 0.2) is 0 Å². The number of rotatable bonds is 4. The number of carbonyl (C=O) groups is 1. The number of carbonyl (C=O) groups excluding carboxylic acids is 1. The number of hydrogen-bond donors (Lipinski definition) is 0. The Morgan fingerprint density at radius 2 is 2.06 bits per heavy atom. The van der Waals surface area contributed by atoms with Gasteiger partial charge in [0.1, 0.15) is 17.3 Å². The quantitative estimate of drug-likeness (QED) is 0.781. The third kappa shape index (κ3) is 1.90. The smallest absolute Gasteiger partial charge is 0.133 e. The van der Waals surface area contributed by atoms with Crippen LogP contribution in [0, 0.1) is 5.92 Å². The van der Waals surface area contributed by atoms with Gasteiger partial charge in [0.2, 0.25) is 0 Å². The van der Waals surface area contributed by atoms with E-state index < -0.39 is 0 Å². The highest BCUT2D eigenvalue weighted by Crippen LogP contribution is 2.51. The average molecular weight is 220 g/mol. The lowest BCUT2D eigenvalue weighted by atomic mass is 10.1. The van der Waals surface area contributed by atoms with E-state index in [2.05, 4.69) is 0 Å². The Morgan fingerprint density at radius 3 is 2.56 bits per heavy atom. The van der Waals surface area contributed by atoms with Gasteiger partial charge in [-0.25, -0.2) is 0 Å². The van der Waals surface area contributed by atoms with Crippen molar-refractivity contribution in [1.29, 1.82) is 0 Å². The molecule has 1 aromatic rings. The minimum atomic E-state index is 0.168. The van der Waals surface area contributed by atoms with E-state index in [-0.39, 0.29) is 11.7 Å². The van der Waals surface area contributed by atoms with Crippen molar-refractivity contribution in [1.82, 2.24) is 0 Å². The SMILES string of the molecule is COc1ccc(OC)c([C@H]2C[C@H]2C(C)=O)c1. The van der Waals surface area contributed by atoms with Crippen molar-refractivity contribution in [3.05, 3.63) is 23.8 Å². The van der Waals surface area contributed by atoms with Crippen LogP contribution in [0.5, 0.6) is 11.5 Å². The number of Topliss-reactive ketones (excluding diaryl/α,β-unsaturated/α-hetero) is 1. The summed E-state index contributed by atoms with van der Waals surface area (Å²) in [6.07, 6.45) is 0.929. The maximum absolute atomic E-state index is 11.3. The molecule has 2 rings (SSSR count). The Bertz CT molecular complexity index is 412. The summed E-state index contributed by atoms with van der Waals surface area (Å²) in [7, 11) is 3.29. The molecular weight excluding hydrogens is 204 g/mol. The summed E-state index contributed by atoms with van der Waals surface area (Å²) in [5.74, 6) is 2.39. The molecule has 1 aliphatic rings. The van der Waals surface area contributed by atoms with Crippen LogP contribution in [0.4, 0.5) is 0 Å². The van der Waals surface area contributed by atoms with Crippen LogP contribution in [0.3, 0.4) is 0 Å². The monoisotopic (exact) mass is 220 g/mol. The second-order valence-corrected chi connectivity index (χ2v) is 4.17. The van der Waals surface area contributed by atoms with Gasteiger partial charge >= 0.3 is 0 Å². The van der Waals surface area contributed by atoms with E-state index in [0.717, 1.165) is 23.5 Å². The number of methoxy groups -OCH3 is 2. The van der Waals surface area contributed by atoms with Gasteiger partial charge in [-0.3, -0.25) is 4.79 Å². The Balaban J connectivity index is 2.28. The minimum absolute atomic E-state index is 0.168. The molecule has 0 saturated heterocycles. The average Bonchev–Trinajstić information content (AvgIpc) is 3.08. The van der Waals surface area contributed by atoms with Crippen LogP contribution in [0.15, 0.2) is 18.2 Å². The van der Waals surface area contributed by atoms with Crippen LogP contribution < -0.4 is 9.47 Å². The number of ether oxygens (including phenoxy) is 2. The molecule has 86 valence electrons. The molecule has 0 aromatic heterocycles. The lowest BCUT2D eigenvalue weighted by molar-refractivity contribution is -0.118. The Labute approximate surface area is 95.4 Å². The molecular formula is C13H16O3.